The molecule has 3 atom stereocenters. The Morgan fingerprint density at radius 1 is 1.01 bits per heavy atom. The van der Waals surface area contributed by atoms with Gasteiger partial charge in [0, 0.05) is 29.5 Å². The fourth-order valence-corrected chi connectivity index (χ4v) is 9.21. The minimum absolute atomic E-state index is 0.0764. The van der Waals surface area contributed by atoms with Gasteiger partial charge in [0.15, 0.2) is 17.4 Å². The molecule has 26 heteroatoms. The quantitative estimate of drug-likeness (QED) is 0.110. The van der Waals surface area contributed by atoms with E-state index in [-0.39, 0.29) is 44.9 Å². The van der Waals surface area contributed by atoms with Gasteiger partial charge in [-0.15, -0.1) is 0 Å². The van der Waals surface area contributed by atoms with Crippen molar-refractivity contribution in [2.75, 3.05) is 18.1 Å². The van der Waals surface area contributed by atoms with Gasteiger partial charge in [-0.3, -0.25) is 28.2 Å². The van der Waals surface area contributed by atoms with Crippen LogP contribution in [0, 0.1) is 17.6 Å². The number of benzene rings is 3. The van der Waals surface area contributed by atoms with Gasteiger partial charge in [-0.05, 0) is 54.3 Å². The molecular formula is C41H30ClF9N10O5S. The number of rotatable bonds is 13. The third-order valence-corrected chi connectivity index (χ3v) is 12.0. The molecule has 1 saturated carbocycles. The van der Waals surface area contributed by atoms with E-state index in [9.17, 15) is 43.9 Å². The van der Waals surface area contributed by atoms with Crippen LogP contribution in [0.2, 0.25) is 5.02 Å². The van der Waals surface area contributed by atoms with Crippen LogP contribution in [0.15, 0.2) is 65.7 Å². The zero-order valence-corrected chi connectivity index (χ0v) is 35.8. The standard InChI is InChI=1S/C41H30ClF9N10O5S/c1-66-21-13-52-36(53-14-21)18-3-4-22-26(10-18)55-38(61(39(22)63)28-6-5-25(42)31-33(28)60(16-40(47,48)49)57-37(31)58-67(2,64)65)27(9-17-7-19(43)11-20(44)8-17)54-29(62)15-59-34-30(32(56-59)35(45)46)23-12-24(23)41(34,50)51/h3-8,10-11,13-14,23-24,27,35H,9,12,15-16H2,1-2H3,(H,54,62)(H,57,58)/t23-,24+,27-/m0/s1. The average Bonchev–Trinajstić information content (AvgIpc) is 3.77. The van der Waals surface area contributed by atoms with Crippen LogP contribution in [0.5, 0.6) is 5.75 Å². The van der Waals surface area contributed by atoms with Crippen LogP contribution in [0.1, 0.15) is 53.1 Å². The third-order valence-electron chi connectivity index (χ3n) is 11.2. The number of carbonyl (C=O) groups is 1. The van der Waals surface area contributed by atoms with E-state index in [0.29, 0.717) is 27.4 Å². The Kier molecular flexibility index (Phi) is 11.0. The number of nitrogens with zero attached hydrogens (tertiary/aromatic N) is 8. The first-order valence-electron chi connectivity index (χ1n) is 19.7. The molecule has 350 valence electrons. The number of hydrogen-bond donors (Lipinski definition) is 2. The summed E-state index contributed by atoms with van der Waals surface area (Å²) in [4.78, 5) is 42.4. The summed E-state index contributed by atoms with van der Waals surface area (Å²) in [5, 5.41) is 9.07. The molecule has 3 aromatic carbocycles. The van der Waals surface area contributed by atoms with Crippen molar-refractivity contribution in [2.24, 2.45) is 5.92 Å². The number of anilines is 1. The molecule has 15 nitrogen and oxygen atoms in total. The molecule has 0 saturated heterocycles. The molecular weight excluding hydrogens is 951 g/mol. The van der Waals surface area contributed by atoms with E-state index in [0.717, 1.165) is 28.8 Å². The van der Waals surface area contributed by atoms with Crippen molar-refractivity contribution in [3.63, 3.8) is 0 Å². The molecule has 1 amide bonds. The van der Waals surface area contributed by atoms with E-state index in [4.69, 9.17) is 21.3 Å². The Morgan fingerprint density at radius 2 is 1.72 bits per heavy atom. The molecule has 2 N–H and O–H groups in total. The topological polar surface area (TPSA) is 181 Å². The van der Waals surface area contributed by atoms with Gasteiger partial charge < -0.3 is 10.1 Å². The van der Waals surface area contributed by atoms with Crippen LogP contribution in [0.25, 0.3) is 38.9 Å². The lowest BCUT2D eigenvalue weighted by atomic mass is 10.0. The highest BCUT2D eigenvalue weighted by atomic mass is 35.5. The van der Waals surface area contributed by atoms with Crippen LogP contribution in [-0.4, -0.2) is 72.9 Å². The predicted molar refractivity (Wildman–Crippen MR) is 221 cm³/mol. The SMILES string of the molecule is COc1cnc(-c2ccc3c(=O)n(-c4ccc(Cl)c5c(NS(C)(=O)=O)nn(CC(F)(F)F)c45)c([C@H](Cc4cc(F)cc(F)c4)NC(=O)Cn4nc(C(F)F)c5c4C(F)(F)[C@@H]4C[C@H]54)nc3c2)nc1. The molecule has 4 heterocycles. The van der Waals surface area contributed by atoms with Gasteiger partial charge >= 0.3 is 6.18 Å². The van der Waals surface area contributed by atoms with Crippen molar-refractivity contribution >= 4 is 55.2 Å². The van der Waals surface area contributed by atoms with Crippen LogP contribution in [-0.2, 0) is 40.3 Å². The number of hydrogen-bond acceptors (Lipinski definition) is 10. The number of carbonyl (C=O) groups excluding carboxylic acids is 1. The molecule has 0 radical (unpaired) electrons. The number of halogens is 10. The van der Waals surface area contributed by atoms with Crippen molar-refractivity contribution in [1.29, 1.82) is 0 Å². The molecule has 2 aliphatic carbocycles. The van der Waals surface area contributed by atoms with Gasteiger partial charge in [-0.2, -0.15) is 32.1 Å². The zero-order valence-electron chi connectivity index (χ0n) is 34.2. The van der Waals surface area contributed by atoms with Gasteiger partial charge in [0.2, 0.25) is 15.9 Å². The summed E-state index contributed by atoms with van der Waals surface area (Å²) < 4.78 is 165. The van der Waals surface area contributed by atoms with E-state index in [1.807, 2.05) is 4.72 Å². The Balaban J connectivity index is 1.29. The number of sulfonamides is 1. The summed E-state index contributed by atoms with van der Waals surface area (Å²) in [7, 11) is -2.87. The first kappa shape index (κ1) is 45.4. The van der Waals surface area contributed by atoms with Crippen LogP contribution < -0.4 is 20.3 Å². The number of amides is 1. The number of methoxy groups -OCH3 is 1. The monoisotopic (exact) mass is 980 g/mol. The number of ether oxygens (including phenoxy) is 1. The summed E-state index contributed by atoms with van der Waals surface area (Å²) in [5.74, 6) is -10.1. The van der Waals surface area contributed by atoms with Gasteiger partial charge in [-0.1, -0.05) is 17.7 Å². The number of aromatic nitrogens is 8. The summed E-state index contributed by atoms with van der Waals surface area (Å²) >= 11 is 6.51. The lowest BCUT2D eigenvalue weighted by Gasteiger charge is -2.24. The van der Waals surface area contributed by atoms with Gasteiger partial charge in [0.05, 0.1) is 64.3 Å². The van der Waals surface area contributed by atoms with E-state index >= 15 is 13.6 Å². The van der Waals surface area contributed by atoms with E-state index < -0.39 is 129 Å². The molecule has 2 aliphatic rings. The maximum atomic E-state index is 15.6. The minimum atomic E-state index is -5.03. The summed E-state index contributed by atoms with van der Waals surface area (Å²) in [5.41, 5.74) is -4.41. The molecule has 67 heavy (non-hydrogen) atoms. The van der Waals surface area contributed by atoms with E-state index in [2.05, 4.69) is 25.5 Å². The highest BCUT2D eigenvalue weighted by Gasteiger charge is 2.67. The molecule has 0 spiro atoms. The Labute approximate surface area is 375 Å². The van der Waals surface area contributed by atoms with Crippen LogP contribution in [0.3, 0.4) is 0 Å². The molecule has 4 aromatic heterocycles. The Morgan fingerprint density at radius 3 is 2.36 bits per heavy atom. The second kappa shape index (κ2) is 16.2. The van der Waals surface area contributed by atoms with Crippen molar-refractivity contribution in [2.45, 2.75) is 56.4 Å². The lowest BCUT2D eigenvalue weighted by Crippen LogP contribution is -2.38. The number of fused-ring (bicyclic) bond motifs is 5. The summed E-state index contributed by atoms with van der Waals surface area (Å²) in [6, 6.07) is 6.69. The highest BCUT2D eigenvalue weighted by Crippen LogP contribution is 2.68. The molecule has 0 aliphatic heterocycles. The average molecular weight is 981 g/mol. The van der Waals surface area contributed by atoms with Crippen LogP contribution >= 0.6 is 11.6 Å². The third kappa shape index (κ3) is 8.49. The van der Waals surface area contributed by atoms with Crippen molar-refractivity contribution in [3.8, 4) is 22.8 Å². The normalized spacial score (nSPS) is 16.9. The summed E-state index contributed by atoms with van der Waals surface area (Å²) in [6.45, 7) is -3.00. The van der Waals surface area contributed by atoms with E-state index in [1.165, 1.54) is 37.7 Å². The first-order chi connectivity index (χ1) is 31.5. The minimum Gasteiger partial charge on any atom is -0.494 e. The van der Waals surface area contributed by atoms with Crippen molar-refractivity contribution in [3.05, 3.63) is 116 Å². The maximum Gasteiger partial charge on any atom is 0.408 e. The molecule has 0 unspecified atom stereocenters. The first-order valence-corrected chi connectivity index (χ1v) is 22.0. The highest BCUT2D eigenvalue weighted by molar-refractivity contribution is 7.92. The van der Waals surface area contributed by atoms with Crippen LogP contribution in [0.4, 0.5) is 45.3 Å². The summed E-state index contributed by atoms with van der Waals surface area (Å²) in [6.07, 6.45) is -5.68. The van der Waals surface area contributed by atoms with Gasteiger partial charge in [0.25, 0.3) is 17.9 Å². The Hall–Kier alpha value is -6.76. The predicted octanol–water partition coefficient (Wildman–Crippen LogP) is 7.51. The zero-order chi connectivity index (χ0) is 48.1. The van der Waals surface area contributed by atoms with Crippen molar-refractivity contribution in [1.82, 2.24) is 44.4 Å². The molecule has 1 fully saturated rings. The fourth-order valence-electron chi connectivity index (χ4n) is 8.48. The molecule has 0 bridgehead atoms. The second-order valence-electron chi connectivity index (χ2n) is 15.9. The lowest BCUT2D eigenvalue weighted by molar-refractivity contribution is -0.141. The van der Waals surface area contributed by atoms with E-state index in [1.54, 1.807) is 0 Å². The van der Waals surface area contributed by atoms with Gasteiger partial charge in [0.1, 0.15) is 41.9 Å². The van der Waals surface area contributed by atoms with Crippen molar-refractivity contribution < 1.29 is 57.5 Å². The largest absolute Gasteiger partial charge is 0.494 e. The maximum absolute atomic E-state index is 15.6. The van der Waals surface area contributed by atoms with Gasteiger partial charge in [-0.25, -0.2) is 40.9 Å². The number of nitrogens with one attached hydrogen (secondary N) is 2. The molecule has 9 rings (SSSR count). The fraction of sp³-hybridized carbons (Fsp3) is 0.293. The Bertz CT molecular complexity index is 3330. The number of alkyl halides is 7. The molecule has 7 aromatic rings. The second-order valence-corrected chi connectivity index (χ2v) is 18.0. The smallest absolute Gasteiger partial charge is 0.408 e.